The Labute approximate surface area is 364 Å². The quantitative estimate of drug-likeness (QED) is 0.0843. The van der Waals surface area contributed by atoms with Gasteiger partial charge in [0.2, 0.25) is 0 Å². The number of hydrogen-bond donors (Lipinski definition) is 3. The van der Waals surface area contributed by atoms with Gasteiger partial charge in [0.05, 0.1) is 53.8 Å². The average molecular weight is 887 g/mol. The lowest BCUT2D eigenvalue weighted by Crippen LogP contribution is -2.49. The van der Waals surface area contributed by atoms with Crippen LogP contribution in [0, 0.1) is 83.9 Å². The Morgan fingerprint density at radius 1 is 0.578 bits per heavy atom. The van der Waals surface area contributed by atoms with Crippen molar-refractivity contribution in [3.63, 3.8) is 0 Å². The van der Waals surface area contributed by atoms with Gasteiger partial charge in [0.1, 0.15) is 0 Å². The Kier molecular flexibility index (Phi) is 14.4. The highest BCUT2D eigenvalue weighted by atomic mass is 16.7. The van der Waals surface area contributed by atoms with E-state index in [4.69, 9.17) is 10.2 Å². The topological polar surface area (TPSA) is 315 Å². The number of hydrogen-bond acceptors (Lipinski definition) is 16. The lowest BCUT2D eigenvalue weighted by molar-refractivity contribution is -0.404. The van der Waals surface area contributed by atoms with Gasteiger partial charge in [0.25, 0.3) is 22.9 Å². The number of rotatable bonds is 13. The van der Waals surface area contributed by atoms with Crippen LogP contribution in [-0.2, 0) is 6.42 Å². The van der Waals surface area contributed by atoms with E-state index in [1.807, 2.05) is 0 Å². The summed E-state index contributed by atoms with van der Waals surface area (Å²) in [6.07, 6.45) is 11.4. The monoisotopic (exact) mass is 886 g/mol. The van der Waals surface area contributed by atoms with Crippen LogP contribution in [0.3, 0.4) is 0 Å². The van der Waals surface area contributed by atoms with Crippen LogP contribution >= 0.6 is 0 Å². The minimum absolute atomic E-state index is 0.447. The number of benzene rings is 4. The van der Waals surface area contributed by atoms with Crippen molar-refractivity contribution in [2.45, 2.75) is 57.3 Å². The number of non-ortho nitro benzene ring substituents is 2. The summed E-state index contributed by atoms with van der Waals surface area (Å²) < 4.78 is 0. The zero-order chi connectivity index (χ0) is 46.3. The maximum Gasteiger partial charge on any atom is 0.324 e. The predicted octanol–water partition coefficient (Wildman–Crippen LogP) is 8.11. The average Bonchev–Trinajstić information content (AvgIpc) is 3.24. The molecule has 1 atom stereocenters. The Hall–Kier alpha value is -7.20. The van der Waals surface area contributed by atoms with Crippen molar-refractivity contribution >= 4 is 34.1 Å². The zero-order valence-corrected chi connectivity index (χ0v) is 34.4. The van der Waals surface area contributed by atoms with Crippen molar-refractivity contribution < 1.29 is 39.8 Å². The van der Waals surface area contributed by atoms with E-state index < -0.39 is 75.2 Å². The molecule has 5 fully saturated rings. The molecule has 0 radical (unpaired) electrons. The molecule has 64 heavy (non-hydrogen) atoms. The van der Waals surface area contributed by atoms with Crippen molar-refractivity contribution in [1.29, 1.82) is 0 Å². The van der Waals surface area contributed by atoms with Gasteiger partial charge < -0.3 is 20.4 Å². The van der Waals surface area contributed by atoms with Gasteiger partial charge in [-0.05, 0) is 97.8 Å². The third-order valence-corrected chi connectivity index (χ3v) is 12.6. The standard InChI is InChI=1S/C30H40N2.2C6H3N3O7/c1-2-6-27(7-3-1)29(30-20-24-17-25(21-30)19-26(18-24)22-30)28-10-8-23(9-11-28)5-4-14-32-15-12-31-13-16-32;2*10-6-4(8(13)14)1-3(7(11)12)2-5(6)9(15)16/h1-3,6-11,24-26,29,31H,4-5,12-22H2;2*1-2,10H. The molecule has 4 aliphatic carbocycles. The number of nitrogens with one attached hydrogen (secondary N) is 1. The molecule has 22 nitrogen and oxygen atoms in total. The summed E-state index contributed by atoms with van der Waals surface area (Å²) in [7, 11) is 0. The summed E-state index contributed by atoms with van der Waals surface area (Å²) >= 11 is 0. The number of nitrogens with zero attached hydrogens (tertiary/aromatic N) is 7. The molecule has 1 heterocycles. The summed E-state index contributed by atoms with van der Waals surface area (Å²) in [6.45, 7) is 5.97. The molecular weight excluding hydrogens is 841 g/mol. The predicted molar refractivity (Wildman–Crippen MR) is 229 cm³/mol. The van der Waals surface area contributed by atoms with Gasteiger partial charge in [0, 0.05) is 32.1 Å². The summed E-state index contributed by atoms with van der Waals surface area (Å²) in [5, 5.41) is 83.9. The van der Waals surface area contributed by atoms with E-state index in [1.54, 1.807) is 11.1 Å². The Morgan fingerprint density at radius 3 is 1.34 bits per heavy atom. The molecule has 1 saturated heterocycles. The normalized spacial score (nSPS) is 21.3. The fourth-order valence-electron chi connectivity index (χ4n) is 10.3. The van der Waals surface area contributed by atoms with Gasteiger partial charge in [-0.25, -0.2) is 0 Å². The second-order valence-corrected chi connectivity index (χ2v) is 16.8. The molecule has 4 saturated carbocycles. The van der Waals surface area contributed by atoms with E-state index in [2.05, 4.69) is 64.8 Å². The highest BCUT2D eigenvalue weighted by Gasteiger charge is 2.54. The molecular formula is C42H46N8O14. The first-order chi connectivity index (χ1) is 30.5. The molecule has 1 aliphatic heterocycles. The lowest BCUT2D eigenvalue weighted by atomic mass is 9.45. The first-order valence-electron chi connectivity index (χ1n) is 20.6. The van der Waals surface area contributed by atoms with Crippen LogP contribution in [-0.4, -0.2) is 77.4 Å². The van der Waals surface area contributed by atoms with Crippen molar-refractivity contribution in [2.24, 2.45) is 23.2 Å². The molecule has 4 bridgehead atoms. The van der Waals surface area contributed by atoms with Crippen LogP contribution < -0.4 is 5.32 Å². The second-order valence-electron chi connectivity index (χ2n) is 16.8. The maximum atomic E-state index is 10.4. The number of nitro benzene ring substituents is 6. The number of piperazine rings is 1. The molecule has 0 aromatic heterocycles. The largest absolute Gasteiger partial charge is 0.497 e. The van der Waals surface area contributed by atoms with Gasteiger partial charge >= 0.3 is 22.7 Å². The molecule has 0 amide bonds. The van der Waals surface area contributed by atoms with Gasteiger partial charge in [0.15, 0.2) is 0 Å². The van der Waals surface area contributed by atoms with E-state index in [0.29, 0.717) is 35.6 Å². The van der Waals surface area contributed by atoms with E-state index in [-0.39, 0.29) is 0 Å². The van der Waals surface area contributed by atoms with Gasteiger partial charge in [-0.1, -0.05) is 54.6 Å². The number of aromatic hydroxyl groups is 2. The fraction of sp³-hybridized carbons (Fsp3) is 0.429. The van der Waals surface area contributed by atoms with Crippen molar-refractivity contribution in [2.75, 3.05) is 32.7 Å². The summed E-state index contributed by atoms with van der Waals surface area (Å²) in [6, 6.07) is 23.2. The molecule has 0 spiro atoms. The first kappa shape index (κ1) is 46.3. The van der Waals surface area contributed by atoms with E-state index >= 15 is 0 Å². The maximum absolute atomic E-state index is 10.4. The SMILES string of the molecule is O=[N+]([O-])c1cc([N+](=O)[O-])c(O)c([N+](=O)[O-])c1.O=[N+]([O-])c1cc([N+](=O)[O-])c(O)c([N+](=O)[O-])c1.c1ccc(C(c2ccc(CCCN3CCNCC3)cc2)C23CC4CC(CC(C4)C2)C3)cc1. The molecule has 4 aromatic rings. The Bertz CT molecular complexity index is 2210. The van der Waals surface area contributed by atoms with Crippen molar-refractivity contribution in [3.05, 3.63) is 156 Å². The highest BCUT2D eigenvalue weighted by Crippen LogP contribution is 2.65. The molecule has 1 unspecified atom stereocenters. The number of phenolic OH excluding ortho intramolecular Hbond substituents is 2. The summed E-state index contributed by atoms with van der Waals surface area (Å²) in [5.74, 6) is 1.15. The fourth-order valence-corrected chi connectivity index (χ4v) is 10.3. The van der Waals surface area contributed by atoms with Crippen LogP contribution in [0.1, 0.15) is 67.6 Å². The van der Waals surface area contributed by atoms with Crippen LogP contribution in [0.2, 0.25) is 0 Å². The van der Waals surface area contributed by atoms with Crippen LogP contribution in [0.5, 0.6) is 11.5 Å². The van der Waals surface area contributed by atoms with Crippen molar-refractivity contribution in [1.82, 2.24) is 10.2 Å². The van der Waals surface area contributed by atoms with E-state index in [9.17, 15) is 60.7 Å². The molecule has 338 valence electrons. The zero-order valence-electron chi connectivity index (χ0n) is 34.4. The van der Waals surface area contributed by atoms with E-state index in [1.165, 1.54) is 76.6 Å². The van der Waals surface area contributed by atoms with Crippen molar-refractivity contribution in [3.8, 4) is 11.5 Å². The molecule has 5 aliphatic rings. The minimum Gasteiger partial charge on any atom is -0.497 e. The highest BCUT2D eigenvalue weighted by molar-refractivity contribution is 5.65. The first-order valence-corrected chi connectivity index (χ1v) is 20.6. The van der Waals surface area contributed by atoms with Gasteiger partial charge in [-0.2, -0.15) is 0 Å². The molecule has 22 heteroatoms. The Morgan fingerprint density at radius 2 is 0.969 bits per heavy atom. The third kappa shape index (κ3) is 10.7. The molecule has 9 rings (SSSR count). The number of phenols is 2. The number of nitro groups is 6. The molecule has 4 aromatic carbocycles. The molecule has 3 N–H and O–H groups in total. The number of aryl methyl sites for hydroxylation is 1. The smallest absolute Gasteiger partial charge is 0.324 e. The second kappa shape index (κ2) is 19.9. The van der Waals surface area contributed by atoms with Crippen LogP contribution in [0.15, 0.2) is 78.9 Å². The van der Waals surface area contributed by atoms with E-state index in [0.717, 1.165) is 30.8 Å². The summed E-state index contributed by atoms with van der Waals surface area (Å²) in [4.78, 5) is 58.2. The van der Waals surface area contributed by atoms with Gasteiger partial charge in [-0.15, -0.1) is 0 Å². The minimum atomic E-state index is -1.21. The van der Waals surface area contributed by atoms with Gasteiger partial charge in [-0.3, -0.25) is 60.7 Å². The Balaban J connectivity index is 0.000000180. The van der Waals surface area contributed by atoms with Crippen LogP contribution in [0.4, 0.5) is 34.1 Å². The summed E-state index contributed by atoms with van der Waals surface area (Å²) in [5.41, 5.74) is -0.859. The van der Waals surface area contributed by atoms with Crippen LogP contribution in [0.25, 0.3) is 0 Å². The third-order valence-electron chi connectivity index (χ3n) is 12.6. The lowest BCUT2D eigenvalue weighted by Gasteiger charge is -2.60.